The second-order valence-corrected chi connectivity index (χ2v) is 8.99. The van der Waals surface area contributed by atoms with Crippen molar-refractivity contribution in [1.82, 2.24) is 5.32 Å². The molecule has 0 bridgehead atoms. The molecule has 2 aromatic carbocycles. The Labute approximate surface area is 163 Å². The molecule has 1 amide bonds. The molecule has 7 heteroatoms. The summed E-state index contributed by atoms with van der Waals surface area (Å²) in [6, 6.07) is 19.6. The lowest BCUT2D eigenvalue weighted by Crippen LogP contribution is -2.27. The third kappa shape index (κ3) is 4.96. The zero-order chi connectivity index (χ0) is 19.3. The lowest BCUT2D eigenvalue weighted by molar-refractivity contribution is 0.0951. The Kier molecular flexibility index (Phi) is 5.93. The van der Waals surface area contributed by atoms with E-state index in [0.717, 1.165) is 16.9 Å². The molecule has 2 N–H and O–H groups in total. The van der Waals surface area contributed by atoms with Gasteiger partial charge >= 0.3 is 0 Å². The van der Waals surface area contributed by atoms with Gasteiger partial charge in [-0.3, -0.25) is 9.52 Å². The summed E-state index contributed by atoms with van der Waals surface area (Å²) < 4.78 is 27.2. The molecule has 1 aromatic heterocycles. The third-order valence-corrected chi connectivity index (χ3v) is 6.88. The first kappa shape index (κ1) is 19.1. The van der Waals surface area contributed by atoms with Crippen molar-refractivity contribution < 1.29 is 13.2 Å². The van der Waals surface area contributed by atoms with Crippen molar-refractivity contribution in [3.63, 3.8) is 0 Å². The van der Waals surface area contributed by atoms with Crippen LogP contribution in [0.4, 0.5) is 5.69 Å². The van der Waals surface area contributed by atoms with Crippen LogP contribution >= 0.6 is 11.3 Å². The van der Waals surface area contributed by atoms with Gasteiger partial charge in [-0.1, -0.05) is 43.3 Å². The van der Waals surface area contributed by atoms with Gasteiger partial charge in [0.05, 0.1) is 0 Å². The van der Waals surface area contributed by atoms with Gasteiger partial charge in [0.2, 0.25) is 0 Å². The SMILES string of the molecule is CC(CNC(=O)c1ccc(NS(=O)(=O)c2cccs2)cc1)c1ccccc1. The molecule has 1 heterocycles. The Morgan fingerprint density at radius 3 is 2.33 bits per heavy atom. The van der Waals surface area contributed by atoms with Crippen LogP contribution in [0.1, 0.15) is 28.8 Å². The summed E-state index contributed by atoms with van der Waals surface area (Å²) in [4.78, 5) is 12.3. The van der Waals surface area contributed by atoms with Gasteiger partial charge in [-0.25, -0.2) is 8.42 Å². The normalized spacial score (nSPS) is 12.3. The summed E-state index contributed by atoms with van der Waals surface area (Å²) in [6.07, 6.45) is 0. The van der Waals surface area contributed by atoms with Crippen LogP contribution in [0.25, 0.3) is 0 Å². The maximum absolute atomic E-state index is 12.3. The number of carbonyl (C=O) groups excluding carboxylic acids is 1. The number of sulfonamides is 1. The first-order valence-electron chi connectivity index (χ1n) is 8.45. The van der Waals surface area contributed by atoms with Gasteiger partial charge in [-0.15, -0.1) is 11.3 Å². The molecule has 0 fully saturated rings. The van der Waals surface area contributed by atoms with Gasteiger partial charge in [0.1, 0.15) is 4.21 Å². The highest BCUT2D eigenvalue weighted by Gasteiger charge is 2.15. The molecule has 0 spiro atoms. The van der Waals surface area contributed by atoms with Gasteiger partial charge in [0.15, 0.2) is 0 Å². The molecule has 0 saturated carbocycles. The summed E-state index contributed by atoms with van der Waals surface area (Å²) >= 11 is 1.15. The summed E-state index contributed by atoms with van der Waals surface area (Å²) in [6.45, 7) is 2.58. The van der Waals surface area contributed by atoms with E-state index in [0.29, 0.717) is 17.8 Å². The molecule has 3 aromatic rings. The van der Waals surface area contributed by atoms with E-state index in [-0.39, 0.29) is 16.0 Å². The lowest BCUT2D eigenvalue weighted by atomic mass is 10.0. The number of nitrogens with one attached hydrogen (secondary N) is 2. The minimum Gasteiger partial charge on any atom is -0.351 e. The van der Waals surface area contributed by atoms with Gasteiger partial charge in [-0.2, -0.15) is 0 Å². The van der Waals surface area contributed by atoms with Crippen molar-refractivity contribution in [3.05, 3.63) is 83.2 Å². The second kappa shape index (κ2) is 8.37. The monoisotopic (exact) mass is 400 g/mol. The van der Waals surface area contributed by atoms with Gasteiger partial charge in [0.25, 0.3) is 15.9 Å². The number of hydrogen-bond acceptors (Lipinski definition) is 4. The molecular weight excluding hydrogens is 380 g/mol. The number of thiophene rings is 1. The minimum atomic E-state index is -3.59. The molecular formula is C20H20N2O3S2. The maximum atomic E-state index is 12.3. The number of rotatable bonds is 7. The van der Waals surface area contributed by atoms with E-state index in [1.165, 1.54) is 0 Å². The van der Waals surface area contributed by atoms with Crippen LogP contribution in [0.3, 0.4) is 0 Å². The van der Waals surface area contributed by atoms with Crippen molar-refractivity contribution in [2.45, 2.75) is 17.1 Å². The number of amides is 1. The topological polar surface area (TPSA) is 75.3 Å². The first-order chi connectivity index (χ1) is 13.0. The van der Waals surface area contributed by atoms with Crippen molar-refractivity contribution in [1.29, 1.82) is 0 Å². The van der Waals surface area contributed by atoms with Crippen LogP contribution < -0.4 is 10.0 Å². The summed E-state index contributed by atoms with van der Waals surface area (Å²) in [5, 5.41) is 4.62. The Hall–Kier alpha value is -2.64. The zero-order valence-corrected chi connectivity index (χ0v) is 16.4. The zero-order valence-electron chi connectivity index (χ0n) is 14.8. The number of carbonyl (C=O) groups is 1. The molecule has 1 unspecified atom stereocenters. The predicted molar refractivity (Wildman–Crippen MR) is 109 cm³/mol. The Morgan fingerprint density at radius 1 is 1.00 bits per heavy atom. The molecule has 0 aliphatic heterocycles. The Morgan fingerprint density at radius 2 is 1.70 bits per heavy atom. The van der Waals surface area contributed by atoms with E-state index in [1.807, 2.05) is 30.3 Å². The highest BCUT2D eigenvalue weighted by Crippen LogP contribution is 2.20. The van der Waals surface area contributed by atoms with Crippen LogP contribution in [0, 0.1) is 0 Å². The highest BCUT2D eigenvalue weighted by atomic mass is 32.2. The fourth-order valence-corrected chi connectivity index (χ4v) is 4.61. The van der Waals surface area contributed by atoms with E-state index in [1.54, 1.807) is 41.8 Å². The summed E-state index contributed by atoms with van der Waals surface area (Å²) in [7, 11) is -3.59. The molecule has 0 radical (unpaired) electrons. The van der Waals surface area contributed by atoms with Crippen molar-refractivity contribution >= 4 is 33.0 Å². The molecule has 0 saturated heterocycles. The van der Waals surface area contributed by atoms with Crippen molar-refractivity contribution in [2.24, 2.45) is 0 Å². The van der Waals surface area contributed by atoms with E-state index in [2.05, 4.69) is 17.0 Å². The summed E-state index contributed by atoms with van der Waals surface area (Å²) in [5.41, 5.74) is 2.06. The molecule has 5 nitrogen and oxygen atoms in total. The van der Waals surface area contributed by atoms with Crippen LogP contribution in [-0.2, 0) is 10.0 Å². The molecule has 0 aliphatic rings. The smallest absolute Gasteiger partial charge is 0.271 e. The van der Waals surface area contributed by atoms with Crippen molar-refractivity contribution in [2.75, 3.05) is 11.3 Å². The van der Waals surface area contributed by atoms with Crippen LogP contribution in [0.5, 0.6) is 0 Å². The third-order valence-electron chi connectivity index (χ3n) is 4.10. The molecule has 27 heavy (non-hydrogen) atoms. The average molecular weight is 401 g/mol. The quantitative estimate of drug-likeness (QED) is 0.627. The highest BCUT2D eigenvalue weighted by molar-refractivity contribution is 7.94. The van der Waals surface area contributed by atoms with Crippen molar-refractivity contribution in [3.8, 4) is 0 Å². The maximum Gasteiger partial charge on any atom is 0.271 e. The number of anilines is 1. The fraction of sp³-hybridized carbons (Fsp3) is 0.150. The summed E-state index contributed by atoms with van der Waals surface area (Å²) in [5.74, 6) is 0.0115. The van der Waals surface area contributed by atoms with Crippen LogP contribution in [0.2, 0.25) is 0 Å². The second-order valence-electron chi connectivity index (χ2n) is 6.14. The van der Waals surface area contributed by atoms with E-state index in [9.17, 15) is 13.2 Å². The Balaban J connectivity index is 1.59. The van der Waals surface area contributed by atoms with E-state index < -0.39 is 10.0 Å². The van der Waals surface area contributed by atoms with Gasteiger partial charge < -0.3 is 5.32 Å². The van der Waals surface area contributed by atoms with Crippen LogP contribution in [0.15, 0.2) is 76.3 Å². The average Bonchev–Trinajstić information content (AvgIpc) is 3.23. The first-order valence-corrected chi connectivity index (χ1v) is 10.8. The van der Waals surface area contributed by atoms with Gasteiger partial charge in [-0.05, 0) is 47.2 Å². The molecule has 140 valence electrons. The number of hydrogen-bond donors (Lipinski definition) is 2. The lowest BCUT2D eigenvalue weighted by Gasteiger charge is -2.13. The standard InChI is InChI=1S/C20H20N2O3S2/c1-15(16-6-3-2-4-7-16)14-21-20(23)17-9-11-18(12-10-17)22-27(24,25)19-8-5-13-26-19/h2-13,15,22H,14H2,1H3,(H,21,23). The van der Waals surface area contributed by atoms with Gasteiger partial charge in [0, 0.05) is 17.8 Å². The Bertz CT molecular complexity index is 983. The fourth-order valence-electron chi connectivity index (χ4n) is 2.56. The van der Waals surface area contributed by atoms with Crippen LogP contribution in [-0.4, -0.2) is 20.9 Å². The molecule has 0 aliphatic carbocycles. The van der Waals surface area contributed by atoms with E-state index in [4.69, 9.17) is 0 Å². The largest absolute Gasteiger partial charge is 0.351 e. The minimum absolute atomic E-state index is 0.189. The number of benzene rings is 2. The molecule has 3 rings (SSSR count). The van der Waals surface area contributed by atoms with E-state index >= 15 is 0 Å². The predicted octanol–water partition coefficient (Wildman–Crippen LogP) is 4.08. The molecule has 1 atom stereocenters.